The number of benzene rings is 1. The molecule has 0 aliphatic rings. The van der Waals surface area contributed by atoms with Crippen LogP contribution in [0.1, 0.15) is 12.5 Å². The first-order chi connectivity index (χ1) is 7.90. The fraction of sp³-hybridized carbons (Fsp3) is 0.250. The van der Waals surface area contributed by atoms with Crippen molar-refractivity contribution in [2.75, 3.05) is 0 Å². The minimum absolute atomic E-state index is 0.0885. The average molecular weight is 302 g/mol. The molecule has 0 heterocycles. The average Bonchev–Trinajstić information content (AvgIpc) is 2.21. The molecule has 0 saturated carbocycles. The number of esters is 1. The zero-order valence-electron chi connectivity index (χ0n) is 9.37. The summed E-state index contributed by atoms with van der Waals surface area (Å²) in [7, 11) is 0. The molecule has 1 aromatic carbocycles. The van der Waals surface area contributed by atoms with Gasteiger partial charge in [-0.05, 0) is 24.6 Å². The van der Waals surface area contributed by atoms with Crippen LogP contribution in [0.25, 0.3) is 0 Å². The summed E-state index contributed by atoms with van der Waals surface area (Å²) in [5, 5.41) is 0. The van der Waals surface area contributed by atoms with E-state index >= 15 is 0 Å². The molecule has 2 N–H and O–H groups in total. The van der Waals surface area contributed by atoms with E-state index in [1.807, 2.05) is 0 Å². The molecule has 0 aliphatic heterocycles. The highest BCUT2D eigenvalue weighted by Gasteiger charge is 2.17. The SMILES string of the molecule is C=C(C)OC(=O)[C@@H](N)Cc1ccc(Br)cc1F. The molecule has 0 saturated heterocycles. The summed E-state index contributed by atoms with van der Waals surface area (Å²) in [6.45, 7) is 4.98. The van der Waals surface area contributed by atoms with E-state index in [4.69, 9.17) is 10.5 Å². The predicted molar refractivity (Wildman–Crippen MR) is 66.7 cm³/mol. The molecular formula is C12H13BrFNO2. The van der Waals surface area contributed by atoms with Crippen LogP contribution in [0.2, 0.25) is 0 Å². The van der Waals surface area contributed by atoms with Crippen LogP contribution in [0.5, 0.6) is 0 Å². The molecule has 0 radical (unpaired) electrons. The molecule has 0 fully saturated rings. The van der Waals surface area contributed by atoms with Gasteiger partial charge in [-0.2, -0.15) is 0 Å². The van der Waals surface area contributed by atoms with E-state index in [9.17, 15) is 9.18 Å². The van der Waals surface area contributed by atoms with Gasteiger partial charge in [0.1, 0.15) is 11.9 Å². The number of hydrogen-bond donors (Lipinski definition) is 1. The van der Waals surface area contributed by atoms with Crippen molar-refractivity contribution in [1.29, 1.82) is 0 Å². The molecule has 0 spiro atoms. The third-order valence-corrected chi connectivity index (χ3v) is 2.53. The van der Waals surface area contributed by atoms with Gasteiger partial charge in [-0.15, -0.1) is 0 Å². The van der Waals surface area contributed by atoms with E-state index in [0.29, 0.717) is 10.0 Å². The molecule has 0 aromatic heterocycles. The minimum Gasteiger partial charge on any atom is -0.431 e. The van der Waals surface area contributed by atoms with Gasteiger partial charge < -0.3 is 10.5 Å². The summed E-state index contributed by atoms with van der Waals surface area (Å²) < 4.78 is 18.9. The monoisotopic (exact) mass is 301 g/mol. The van der Waals surface area contributed by atoms with Crippen LogP contribution in [-0.2, 0) is 16.0 Å². The smallest absolute Gasteiger partial charge is 0.328 e. The second kappa shape index (κ2) is 5.93. The van der Waals surface area contributed by atoms with Crippen molar-refractivity contribution in [3.8, 4) is 0 Å². The number of nitrogens with two attached hydrogens (primary N) is 1. The van der Waals surface area contributed by atoms with Crippen LogP contribution < -0.4 is 5.73 Å². The lowest BCUT2D eigenvalue weighted by molar-refractivity contribution is -0.140. The summed E-state index contributed by atoms with van der Waals surface area (Å²) in [5.41, 5.74) is 5.98. The largest absolute Gasteiger partial charge is 0.431 e. The van der Waals surface area contributed by atoms with Crippen LogP contribution in [0.15, 0.2) is 35.0 Å². The Hall–Kier alpha value is -1.20. The zero-order chi connectivity index (χ0) is 13.0. The normalized spacial score (nSPS) is 12.0. The third kappa shape index (κ3) is 4.28. The molecule has 1 atom stereocenters. The number of allylic oxidation sites excluding steroid dienone is 1. The molecule has 0 amide bonds. The van der Waals surface area contributed by atoms with E-state index in [2.05, 4.69) is 22.5 Å². The lowest BCUT2D eigenvalue weighted by Gasteiger charge is -2.11. The number of carbonyl (C=O) groups excluding carboxylic acids is 1. The number of ether oxygens (including phenoxy) is 1. The van der Waals surface area contributed by atoms with Crippen molar-refractivity contribution in [2.24, 2.45) is 5.73 Å². The fourth-order valence-electron chi connectivity index (χ4n) is 1.25. The first-order valence-corrected chi connectivity index (χ1v) is 5.76. The Morgan fingerprint density at radius 2 is 2.29 bits per heavy atom. The molecule has 1 aromatic rings. The van der Waals surface area contributed by atoms with Crippen molar-refractivity contribution in [3.05, 3.63) is 46.4 Å². The summed E-state index contributed by atoms with van der Waals surface area (Å²) in [4.78, 5) is 11.4. The number of halogens is 2. The summed E-state index contributed by atoms with van der Waals surface area (Å²) in [6.07, 6.45) is 0.0885. The standard InChI is InChI=1S/C12H13BrFNO2/c1-7(2)17-12(16)11(15)5-8-3-4-9(13)6-10(8)14/h3-4,6,11H,1,5,15H2,2H3/t11-/m0/s1. The molecule has 0 unspecified atom stereocenters. The molecule has 5 heteroatoms. The summed E-state index contributed by atoms with van der Waals surface area (Å²) >= 11 is 3.15. The quantitative estimate of drug-likeness (QED) is 0.687. The second-order valence-electron chi connectivity index (χ2n) is 3.67. The van der Waals surface area contributed by atoms with Crippen LogP contribution in [0.4, 0.5) is 4.39 Å². The Balaban J connectivity index is 2.70. The first kappa shape index (κ1) is 13.9. The second-order valence-corrected chi connectivity index (χ2v) is 4.59. The number of rotatable bonds is 4. The van der Waals surface area contributed by atoms with Gasteiger partial charge in [0, 0.05) is 10.9 Å². The van der Waals surface area contributed by atoms with Gasteiger partial charge in [0.15, 0.2) is 0 Å². The van der Waals surface area contributed by atoms with Crippen molar-refractivity contribution >= 4 is 21.9 Å². The zero-order valence-corrected chi connectivity index (χ0v) is 11.0. The number of carbonyl (C=O) groups is 1. The maximum Gasteiger partial charge on any atom is 0.328 e. The van der Waals surface area contributed by atoms with E-state index in [-0.39, 0.29) is 12.2 Å². The topological polar surface area (TPSA) is 52.3 Å². The molecular weight excluding hydrogens is 289 g/mol. The number of hydrogen-bond acceptors (Lipinski definition) is 3. The fourth-order valence-corrected chi connectivity index (χ4v) is 1.59. The predicted octanol–water partition coefficient (Wildman–Crippen LogP) is 2.53. The summed E-state index contributed by atoms with van der Waals surface area (Å²) in [5.74, 6) is -0.750. The van der Waals surface area contributed by atoms with Crippen molar-refractivity contribution in [3.63, 3.8) is 0 Å². The van der Waals surface area contributed by atoms with Gasteiger partial charge >= 0.3 is 5.97 Å². The Bertz CT molecular complexity index is 448. The van der Waals surface area contributed by atoms with E-state index in [1.165, 1.54) is 6.07 Å². The molecule has 0 bridgehead atoms. The third-order valence-electron chi connectivity index (χ3n) is 2.03. The van der Waals surface area contributed by atoms with E-state index in [1.54, 1.807) is 19.1 Å². The highest BCUT2D eigenvalue weighted by atomic mass is 79.9. The molecule has 3 nitrogen and oxygen atoms in total. The maximum atomic E-state index is 13.5. The van der Waals surface area contributed by atoms with Crippen molar-refractivity contribution < 1.29 is 13.9 Å². The van der Waals surface area contributed by atoms with Crippen molar-refractivity contribution in [2.45, 2.75) is 19.4 Å². The Labute approximate surface area is 108 Å². The lowest BCUT2D eigenvalue weighted by Crippen LogP contribution is -2.34. The Kier molecular flexibility index (Phi) is 4.84. The van der Waals surface area contributed by atoms with Crippen LogP contribution in [0.3, 0.4) is 0 Å². The van der Waals surface area contributed by atoms with E-state index < -0.39 is 17.8 Å². The highest BCUT2D eigenvalue weighted by Crippen LogP contribution is 2.16. The lowest BCUT2D eigenvalue weighted by atomic mass is 10.1. The Morgan fingerprint density at radius 3 is 2.82 bits per heavy atom. The molecule has 92 valence electrons. The summed E-state index contributed by atoms with van der Waals surface area (Å²) in [6, 6.07) is 3.69. The van der Waals surface area contributed by atoms with Crippen LogP contribution in [-0.4, -0.2) is 12.0 Å². The van der Waals surface area contributed by atoms with Gasteiger partial charge in [0.05, 0.1) is 5.76 Å². The van der Waals surface area contributed by atoms with Gasteiger partial charge in [0.25, 0.3) is 0 Å². The first-order valence-electron chi connectivity index (χ1n) is 4.97. The van der Waals surface area contributed by atoms with Crippen molar-refractivity contribution in [1.82, 2.24) is 0 Å². The molecule has 17 heavy (non-hydrogen) atoms. The highest BCUT2D eigenvalue weighted by molar-refractivity contribution is 9.10. The van der Waals surface area contributed by atoms with Gasteiger partial charge in [-0.1, -0.05) is 28.6 Å². The van der Waals surface area contributed by atoms with Crippen LogP contribution in [0, 0.1) is 5.82 Å². The maximum absolute atomic E-state index is 13.5. The molecule has 1 rings (SSSR count). The van der Waals surface area contributed by atoms with Gasteiger partial charge in [-0.3, -0.25) is 0 Å². The minimum atomic E-state index is -0.901. The molecule has 0 aliphatic carbocycles. The van der Waals surface area contributed by atoms with E-state index in [0.717, 1.165) is 0 Å². The van der Waals surface area contributed by atoms with Crippen LogP contribution >= 0.6 is 15.9 Å². The van der Waals surface area contributed by atoms with Gasteiger partial charge in [-0.25, -0.2) is 9.18 Å². The Morgan fingerprint density at radius 1 is 1.65 bits per heavy atom. The van der Waals surface area contributed by atoms with Gasteiger partial charge in [0.2, 0.25) is 0 Å².